The van der Waals surface area contributed by atoms with Gasteiger partial charge in [-0.2, -0.15) is 0 Å². The van der Waals surface area contributed by atoms with Crippen LogP contribution in [0.4, 0.5) is 0 Å². The molecule has 3 rings (SSSR count). The van der Waals surface area contributed by atoms with E-state index in [2.05, 4.69) is 4.98 Å². The van der Waals surface area contributed by atoms with Gasteiger partial charge in [-0.1, -0.05) is 30.3 Å². The summed E-state index contributed by atoms with van der Waals surface area (Å²) in [6, 6.07) is 11.6. The first kappa shape index (κ1) is 18.3. The second kappa shape index (κ2) is 8.73. The lowest BCUT2D eigenvalue weighted by Gasteiger charge is -2.22. The van der Waals surface area contributed by atoms with E-state index in [1.165, 1.54) is 22.2 Å². The van der Waals surface area contributed by atoms with Gasteiger partial charge >= 0.3 is 0 Å². The molecule has 7 heteroatoms. The van der Waals surface area contributed by atoms with E-state index < -0.39 is 0 Å². The van der Waals surface area contributed by atoms with Crippen LogP contribution in [0.2, 0.25) is 0 Å². The van der Waals surface area contributed by atoms with Crippen molar-refractivity contribution in [2.75, 3.05) is 20.3 Å². The molecule has 2 aromatic heterocycles. The highest BCUT2D eigenvalue weighted by Gasteiger charge is 2.15. The molecule has 0 unspecified atom stereocenters. The van der Waals surface area contributed by atoms with Crippen molar-refractivity contribution in [3.8, 4) is 0 Å². The second-order valence-corrected chi connectivity index (χ2v) is 6.82. The smallest absolute Gasteiger partial charge is 0.262 e. The first-order valence-electron chi connectivity index (χ1n) is 8.42. The fourth-order valence-electron chi connectivity index (χ4n) is 2.72. The number of ether oxygens (including phenoxy) is 1. The third kappa shape index (κ3) is 4.36. The Morgan fingerprint density at radius 1 is 1.27 bits per heavy atom. The first-order chi connectivity index (χ1) is 12.7. The van der Waals surface area contributed by atoms with Crippen LogP contribution in [0.5, 0.6) is 0 Å². The zero-order chi connectivity index (χ0) is 18.4. The van der Waals surface area contributed by atoms with Crippen LogP contribution in [0.3, 0.4) is 0 Å². The summed E-state index contributed by atoms with van der Waals surface area (Å²) < 4.78 is 6.63. The van der Waals surface area contributed by atoms with Crippen LogP contribution in [0.25, 0.3) is 10.2 Å². The fourth-order valence-corrected chi connectivity index (χ4v) is 3.45. The van der Waals surface area contributed by atoms with E-state index in [0.717, 1.165) is 10.4 Å². The van der Waals surface area contributed by atoms with E-state index in [9.17, 15) is 9.59 Å². The number of rotatable bonds is 8. The van der Waals surface area contributed by atoms with Crippen molar-refractivity contribution in [2.24, 2.45) is 0 Å². The summed E-state index contributed by atoms with van der Waals surface area (Å²) in [6.07, 6.45) is 1.76. The molecule has 136 valence electrons. The van der Waals surface area contributed by atoms with E-state index >= 15 is 0 Å². The number of benzene rings is 1. The monoisotopic (exact) mass is 371 g/mol. The number of amides is 1. The average Bonchev–Trinajstić information content (AvgIpc) is 3.15. The molecule has 0 aliphatic carbocycles. The highest BCUT2D eigenvalue weighted by Crippen LogP contribution is 2.13. The van der Waals surface area contributed by atoms with E-state index in [-0.39, 0.29) is 17.9 Å². The largest absolute Gasteiger partial charge is 0.383 e. The van der Waals surface area contributed by atoms with Gasteiger partial charge in [-0.3, -0.25) is 14.2 Å². The number of aromatic nitrogens is 2. The van der Waals surface area contributed by atoms with Gasteiger partial charge in [0.05, 0.1) is 18.3 Å². The Labute approximate surface area is 155 Å². The molecule has 1 amide bonds. The molecule has 2 heterocycles. The molecule has 0 atom stereocenters. The van der Waals surface area contributed by atoms with E-state index in [1.807, 2.05) is 35.7 Å². The molecule has 0 bridgehead atoms. The molecule has 0 fully saturated rings. The summed E-state index contributed by atoms with van der Waals surface area (Å²) in [5.74, 6) is -0.0109. The van der Waals surface area contributed by atoms with Crippen LogP contribution in [0, 0.1) is 0 Å². The van der Waals surface area contributed by atoms with Gasteiger partial charge in [-0.25, -0.2) is 4.98 Å². The fraction of sp³-hybridized carbons (Fsp3) is 0.316. The van der Waals surface area contributed by atoms with Crippen molar-refractivity contribution in [1.29, 1.82) is 0 Å². The number of fused-ring (bicyclic) bond motifs is 1. The number of hydrogen-bond acceptors (Lipinski definition) is 5. The van der Waals surface area contributed by atoms with E-state index in [0.29, 0.717) is 31.6 Å². The first-order valence-corrected chi connectivity index (χ1v) is 9.30. The average molecular weight is 371 g/mol. The molecule has 3 aromatic rings. The van der Waals surface area contributed by atoms with Crippen LogP contribution in [-0.4, -0.2) is 40.6 Å². The molecule has 0 aliphatic rings. The molecule has 0 aliphatic heterocycles. The van der Waals surface area contributed by atoms with Crippen molar-refractivity contribution in [2.45, 2.75) is 19.5 Å². The summed E-state index contributed by atoms with van der Waals surface area (Å²) in [6.45, 7) is 1.83. The molecule has 1 aromatic carbocycles. The van der Waals surface area contributed by atoms with Crippen molar-refractivity contribution in [3.05, 3.63) is 64.0 Å². The third-order valence-corrected chi connectivity index (χ3v) is 4.97. The number of methoxy groups -OCH3 is 1. The summed E-state index contributed by atoms with van der Waals surface area (Å²) in [7, 11) is 1.62. The summed E-state index contributed by atoms with van der Waals surface area (Å²) in [5, 5.41) is 2.45. The van der Waals surface area contributed by atoms with Gasteiger partial charge in [0.15, 0.2) is 0 Å². The molecule has 0 N–H and O–H groups in total. The maximum Gasteiger partial charge on any atom is 0.262 e. The Hall–Kier alpha value is -2.51. The highest BCUT2D eigenvalue weighted by atomic mass is 32.1. The van der Waals surface area contributed by atoms with Gasteiger partial charge in [0.25, 0.3) is 5.56 Å². The van der Waals surface area contributed by atoms with Gasteiger partial charge in [0.2, 0.25) is 5.91 Å². The number of hydrogen-bond donors (Lipinski definition) is 0. The van der Waals surface area contributed by atoms with Crippen molar-refractivity contribution in [3.63, 3.8) is 0 Å². The van der Waals surface area contributed by atoms with Crippen LogP contribution >= 0.6 is 11.3 Å². The lowest BCUT2D eigenvalue weighted by atomic mass is 10.2. The lowest BCUT2D eigenvalue weighted by Crippen LogP contribution is -2.34. The number of carbonyl (C=O) groups excluding carboxylic acids is 1. The van der Waals surface area contributed by atoms with Crippen molar-refractivity contribution in [1.82, 2.24) is 14.5 Å². The van der Waals surface area contributed by atoms with Crippen LogP contribution in [-0.2, 0) is 22.6 Å². The van der Waals surface area contributed by atoms with E-state index in [4.69, 9.17) is 4.74 Å². The van der Waals surface area contributed by atoms with Gasteiger partial charge in [-0.15, -0.1) is 11.3 Å². The number of carbonyl (C=O) groups is 1. The molecule has 0 saturated heterocycles. The predicted molar refractivity (Wildman–Crippen MR) is 102 cm³/mol. The Kier molecular flexibility index (Phi) is 6.14. The predicted octanol–water partition coefficient (Wildman–Crippen LogP) is 2.52. The zero-order valence-electron chi connectivity index (χ0n) is 14.6. The summed E-state index contributed by atoms with van der Waals surface area (Å²) in [4.78, 5) is 31.9. The summed E-state index contributed by atoms with van der Waals surface area (Å²) in [5.41, 5.74) is 0.964. The Balaban J connectivity index is 1.68. The quantitative estimate of drug-likeness (QED) is 0.610. The maximum absolute atomic E-state index is 12.7. The minimum absolute atomic E-state index is 0.0109. The summed E-state index contributed by atoms with van der Waals surface area (Å²) >= 11 is 1.44. The number of nitrogens with zero attached hydrogens (tertiary/aromatic N) is 3. The minimum atomic E-state index is -0.101. The molecular weight excluding hydrogens is 350 g/mol. The standard InChI is InChI=1S/C19H21N3O3S/c1-25-11-10-21(13-15-5-3-2-4-6-15)17(23)7-9-22-14-20-18-16(19(22)24)8-12-26-18/h2-6,8,12,14H,7,9-11,13H2,1H3. The maximum atomic E-state index is 12.7. The molecule has 0 radical (unpaired) electrons. The number of aryl methyl sites for hydroxylation is 1. The van der Waals surface area contributed by atoms with Crippen LogP contribution < -0.4 is 5.56 Å². The molecular formula is C19H21N3O3S. The molecule has 0 spiro atoms. The topological polar surface area (TPSA) is 64.4 Å². The van der Waals surface area contributed by atoms with Crippen LogP contribution in [0.15, 0.2) is 52.9 Å². The van der Waals surface area contributed by atoms with Crippen LogP contribution in [0.1, 0.15) is 12.0 Å². The van der Waals surface area contributed by atoms with Crippen molar-refractivity contribution >= 4 is 27.5 Å². The molecule has 0 saturated carbocycles. The second-order valence-electron chi connectivity index (χ2n) is 5.93. The molecule has 26 heavy (non-hydrogen) atoms. The van der Waals surface area contributed by atoms with Gasteiger partial charge in [0, 0.05) is 33.2 Å². The minimum Gasteiger partial charge on any atom is -0.383 e. The molecule has 6 nitrogen and oxygen atoms in total. The Morgan fingerprint density at radius 3 is 2.85 bits per heavy atom. The van der Waals surface area contributed by atoms with Crippen molar-refractivity contribution < 1.29 is 9.53 Å². The Bertz CT molecular complexity index is 920. The SMILES string of the molecule is COCCN(Cc1ccccc1)C(=O)CCn1cnc2sccc2c1=O. The normalized spacial score (nSPS) is 11.0. The lowest BCUT2D eigenvalue weighted by molar-refractivity contribution is -0.132. The van der Waals surface area contributed by atoms with Gasteiger partial charge < -0.3 is 9.64 Å². The third-order valence-electron chi connectivity index (χ3n) is 4.15. The highest BCUT2D eigenvalue weighted by molar-refractivity contribution is 7.16. The van der Waals surface area contributed by atoms with Gasteiger partial charge in [-0.05, 0) is 17.0 Å². The Morgan fingerprint density at radius 2 is 2.08 bits per heavy atom. The van der Waals surface area contributed by atoms with E-state index in [1.54, 1.807) is 18.1 Å². The number of thiophene rings is 1. The zero-order valence-corrected chi connectivity index (χ0v) is 15.4. The van der Waals surface area contributed by atoms with Gasteiger partial charge in [0.1, 0.15) is 4.83 Å².